The summed E-state index contributed by atoms with van der Waals surface area (Å²) in [6.45, 7) is 3.18. The molecule has 0 radical (unpaired) electrons. The fraction of sp³-hybridized carbons (Fsp3) is 0.517. The minimum Gasteiger partial charge on any atom is -0.390 e. The number of hydrogen-bond acceptors (Lipinski definition) is 4. The van der Waals surface area contributed by atoms with Gasteiger partial charge in [-0.3, -0.25) is 9.29 Å². The van der Waals surface area contributed by atoms with Gasteiger partial charge >= 0.3 is 0 Å². The first-order valence-corrected chi connectivity index (χ1v) is 13.5. The van der Waals surface area contributed by atoms with Crippen molar-refractivity contribution in [2.45, 2.75) is 57.2 Å². The molecule has 0 aliphatic carbocycles. The maximum absolute atomic E-state index is 15.8. The lowest BCUT2D eigenvalue weighted by atomic mass is 9.87. The zero-order valence-corrected chi connectivity index (χ0v) is 22.2. The molecule has 3 atom stereocenters. The maximum Gasteiger partial charge on any atom is 0.283 e. The molecule has 3 aromatic rings. The number of aliphatic hydroxyl groups excluding tert-OH is 1. The molecule has 5 rings (SSSR count). The van der Waals surface area contributed by atoms with Crippen LogP contribution in [-0.4, -0.2) is 77.4 Å². The van der Waals surface area contributed by atoms with E-state index in [1.165, 1.54) is 17.0 Å². The van der Waals surface area contributed by atoms with E-state index in [-0.39, 0.29) is 24.0 Å². The van der Waals surface area contributed by atoms with Crippen molar-refractivity contribution in [1.29, 1.82) is 0 Å². The van der Waals surface area contributed by atoms with Crippen LogP contribution in [0.5, 0.6) is 0 Å². The number of halogens is 5. The average Bonchev–Trinajstić information content (AvgIpc) is 3.47. The van der Waals surface area contributed by atoms with E-state index >= 15 is 8.78 Å². The molecule has 0 saturated carbocycles. The Kier molecular flexibility index (Phi) is 7.90. The maximum atomic E-state index is 15.8. The first-order chi connectivity index (χ1) is 18.6. The third-order valence-corrected chi connectivity index (χ3v) is 8.01. The molecular formula is C29H35F5N4O. The van der Waals surface area contributed by atoms with Crippen molar-refractivity contribution >= 4 is 16.6 Å². The molecule has 3 unspecified atom stereocenters. The highest BCUT2D eigenvalue weighted by Crippen LogP contribution is 2.44. The summed E-state index contributed by atoms with van der Waals surface area (Å²) in [5.74, 6) is -5.11. The smallest absolute Gasteiger partial charge is 0.283 e. The highest BCUT2D eigenvalue weighted by Gasteiger charge is 2.43. The number of aromatic nitrogens is 1. The number of alkyl halides is 3. The van der Waals surface area contributed by atoms with Crippen LogP contribution in [0, 0.1) is 18.6 Å². The monoisotopic (exact) mass is 550 g/mol. The van der Waals surface area contributed by atoms with Gasteiger partial charge in [0.05, 0.1) is 19.3 Å². The third-order valence-electron chi connectivity index (χ3n) is 8.01. The molecule has 0 amide bonds. The summed E-state index contributed by atoms with van der Waals surface area (Å²) in [7, 11) is 0. The summed E-state index contributed by atoms with van der Waals surface area (Å²) in [6.07, 6.45) is 1.63. The van der Waals surface area contributed by atoms with Gasteiger partial charge in [0.1, 0.15) is 18.2 Å². The topological polar surface area (TPSA) is 54.5 Å². The van der Waals surface area contributed by atoms with Gasteiger partial charge in [0, 0.05) is 59.6 Å². The molecule has 3 N–H and O–H groups in total. The number of nitrogens with one attached hydrogen (secondary N) is 2. The van der Waals surface area contributed by atoms with E-state index in [9.17, 15) is 18.3 Å². The van der Waals surface area contributed by atoms with Crippen molar-refractivity contribution in [3.8, 4) is 0 Å². The molecule has 0 bridgehead atoms. The van der Waals surface area contributed by atoms with Crippen molar-refractivity contribution in [3.63, 3.8) is 0 Å². The lowest BCUT2D eigenvalue weighted by Gasteiger charge is -2.42. The Morgan fingerprint density at radius 2 is 1.90 bits per heavy atom. The second-order valence-corrected chi connectivity index (χ2v) is 11.0. The van der Waals surface area contributed by atoms with Crippen molar-refractivity contribution in [3.05, 3.63) is 64.4 Å². The molecule has 1 aromatic heterocycles. The molecule has 10 heteroatoms. The molecule has 212 valence electrons. The number of aromatic amines is 1. The van der Waals surface area contributed by atoms with Gasteiger partial charge in [-0.05, 0) is 62.9 Å². The summed E-state index contributed by atoms with van der Waals surface area (Å²) >= 11 is 0. The molecule has 2 aliphatic heterocycles. The lowest BCUT2D eigenvalue weighted by Crippen LogP contribution is -2.49. The van der Waals surface area contributed by atoms with Crippen LogP contribution in [0.15, 0.2) is 30.3 Å². The average molecular weight is 551 g/mol. The molecule has 2 aliphatic rings. The molecular weight excluding hydrogens is 515 g/mol. The fourth-order valence-electron chi connectivity index (χ4n) is 6.14. The molecule has 0 spiro atoms. The van der Waals surface area contributed by atoms with Gasteiger partial charge in [-0.1, -0.05) is 11.6 Å². The van der Waals surface area contributed by atoms with Crippen LogP contribution in [0.4, 0.5) is 27.6 Å². The number of rotatable bonds is 9. The summed E-state index contributed by atoms with van der Waals surface area (Å²) < 4.78 is 73.2. The van der Waals surface area contributed by atoms with Crippen LogP contribution in [-0.2, 0) is 6.42 Å². The van der Waals surface area contributed by atoms with E-state index in [0.717, 1.165) is 35.0 Å². The molecule has 1 saturated heterocycles. The van der Waals surface area contributed by atoms with Crippen molar-refractivity contribution < 1.29 is 27.1 Å². The van der Waals surface area contributed by atoms with E-state index < -0.39 is 42.8 Å². The molecule has 3 heterocycles. The zero-order valence-electron chi connectivity index (χ0n) is 22.2. The number of anilines is 1. The number of aliphatic hydroxyl groups is 1. The highest BCUT2D eigenvalue weighted by molar-refractivity contribution is 5.86. The number of benzene rings is 2. The van der Waals surface area contributed by atoms with Crippen LogP contribution in [0.1, 0.15) is 48.2 Å². The van der Waals surface area contributed by atoms with Gasteiger partial charge in [0.2, 0.25) is 0 Å². The summed E-state index contributed by atoms with van der Waals surface area (Å²) in [5.41, 5.74) is 3.10. The normalized spacial score (nSPS) is 22.5. The minimum absolute atomic E-state index is 0.0349. The van der Waals surface area contributed by atoms with Gasteiger partial charge in [-0.2, -0.15) is 0 Å². The van der Waals surface area contributed by atoms with E-state index in [2.05, 4.69) is 15.2 Å². The Labute approximate surface area is 225 Å². The number of aryl methyl sites for hydroxylation is 1. The number of hydrogen-bond donors (Lipinski definition) is 3. The molecule has 5 nitrogen and oxygen atoms in total. The van der Waals surface area contributed by atoms with Gasteiger partial charge < -0.3 is 20.3 Å². The van der Waals surface area contributed by atoms with Gasteiger partial charge in [-0.25, -0.2) is 17.6 Å². The SMILES string of the molecule is Cc1ccc2[nH]c3c(c2c1)CC(C)N(CC(F)(F)CO)C3c1c(F)cc(NC2CCN(CCCF)C2)cc1F. The Hall–Kier alpha value is -2.69. The standard InChI is InChI=1S/C29H35F5N4O/c1-17-4-5-25-21(10-17)22-11-18(2)38(15-29(33,34)16-39)28(27(22)36-25)26-23(31)12-20(13-24(26)32)35-19-6-9-37(14-19)8-3-7-30/h4-5,10,12-13,18-19,28,35-36,39H,3,6-9,11,14-16H2,1-2H3. The Bertz CT molecular complexity index is 1310. The Morgan fingerprint density at radius 3 is 2.59 bits per heavy atom. The number of nitrogens with zero attached hydrogens (tertiary/aromatic N) is 2. The predicted octanol–water partition coefficient (Wildman–Crippen LogP) is 5.56. The van der Waals surface area contributed by atoms with Crippen LogP contribution in [0.3, 0.4) is 0 Å². The predicted molar refractivity (Wildman–Crippen MR) is 142 cm³/mol. The highest BCUT2D eigenvalue weighted by atomic mass is 19.3. The van der Waals surface area contributed by atoms with Crippen LogP contribution in [0.25, 0.3) is 10.9 Å². The van der Waals surface area contributed by atoms with Crippen LogP contribution in [0.2, 0.25) is 0 Å². The van der Waals surface area contributed by atoms with E-state index in [4.69, 9.17) is 0 Å². The number of fused-ring (bicyclic) bond motifs is 3. The fourth-order valence-corrected chi connectivity index (χ4v) is 6.14. The minimum atomic E-state index is -3.45. The quantitative estimate of drug-likeness (QED) is 0.305. The van der Waals surface area contributed by atoms with Crippen molar-refractivity contribution in [1.82, 2.24) is 14.8 Å². The van der Waals surface area contributed by atoms with E-state index in [0.29, 0.717) is 31.6 Å². The van der Waals surface area contributed by atoms with Crippen LogP contribution < -0.4 is 5.32 Å². The van der Waals surface area contributed by atoms with Gasteiger partial charge in [-0.15, -0.1) is 0 Å². The molecule has 2 aromatic carbocycles. The van der Waals surface area contributed by atoms with E-state index in [1.807, 2.05) is 25.1 Å². The molecule has 1 fully saturated rings. The van der Waals surface area contributed by atoms with Gasteiger partial charge in [0.25, 0.3) is 5.92 Å². The summed E-state index contributed by atoms with van der Waals surface area (Å²) in [4.78, 5) is 6.76. The third kappa shape index (κ3) is 5.64. The second-order valence-electron chi connectivity index (χ2n) is 11.0. The summed E-state index contributed by atoms with van der Waals surface area (Å²) in [5, 5.41) is 13.4. The first kappa shape index (κ1) is 27.9. The summed E-state index contributed by atoms with van der Waals surface area (Å²) in [6, 6.07) is 6.60. The van der Waals surface area contributed by atoms with Crippen molar-refractivity contribution in [2.24, 2.45) is 0 Å². The Balaban J connectivity index is 1.52. The van der Waals surface area contributed by atoms with E-state index in [1.54, 1.807) is 6.92 Å². The van der Waals surface area contributed by atoms with Gasteiger partial charge in [0.15, 0.2) is 0 Å². The molecule has 39 heavy (non-hydrogen) atoms. The number of H-pyrrole nitrogens is 1. The lowest BCUT2D eigenvalue weighted by molar-refractivity contribution is -0.0869. The first-order valence-electron chi connectivity index (χ1n) is 13.5. The van der Waals surface area contributed by atoms with Crippen molar-refractivity contribution in [2.75, 3.05) is 44.8 Å². The zero-order chi connectivity index (χ0) is 27.9. The van der Waals surface area contributed by atoms with Crippen LogP contribution >= 0.6 is 0 Å². The second kappa shape index (κ2) is 11.1. The number of likely N-dealkylation sites (tertiary alicyclic amines) is 1. The largest absolute Gasteiger partial charge is 0.390 e. The Morgan fingerprint density at radius 1 is 1.15 bits per heavy atom.